The monoisotopic (exact) mass is 358 g/mol. The number of ether oxygens (including phenoxy) is 1. The molecule has 0 spiro atoms. The molecule has 24 heavy (non-hydrogen) atoms. The van der Waals surface area contributed by atoms with Crippen LogP contribution in [0.1, 0.15) is 11.3 Å². The van der Waals surface area contributed by atoms with Gasteiger partial charge in [0.15, 0.2) is 0 Å². The molecule has 124 valence electrons. The largest absolute Gasteiger partial charge is 0.497 e. The first-order valence-corrected chi connectivity index (χ1v) is 9.38. The molecule has 6 heteroatoms. The van der Waals surface area contributed by atoms with Crippen LogP contribution in [0.15, 0.2) is 47.2 Å². The Morgan fingerprint density at radius 3 is 2.75 bits per heavy atom. The van der Waals surface area contributed by atoms with Crippen molar-refractivity contribution < 1.29 is 9.53 Å². The van der Waals surface area contributed by atoms with Crippen LogP contribution in [0.25, 0.3) is 9.88 Å². The molecule has 0 aliphatic heterocycles. The average Bonchev–Trinajstić information content (AvgIpc) is 3.27. The molecule has 0 radical (unpaired) electrons. The van der Waals surface area contributed by atoms with Crippen molar-refractivity contribution in [3.05, 3.63) is 58.4 Å². The van der Waals surface area contributed by atoms with E-state index in [-0.39, 0.29) is 5.91 Å². The third kappa shape index (κ3) is 4.43. The molecule has 4 nitrogen and oxygen atoms in total. The van der Waals surface area contributed by atoms with E-state index in [2.05, 4.69) is 10.3 Å². The van der Waals surface area contributed by atoms with Gasteiger partial charge in [-0.1, -0.05) is 18.2 Å². The van der Waals surface area contributed by atoms with Crippen molar-refractivity contribution in [2.24, 2.45) is 0 Å². The van der Waals surface area contributed by atoms with Gasteiger partial charge in [0.2, 0.25) is 5.91 Å². The molecular formula is C18H18N2O2S2. The van der Waals surface area contributed by atoms with Gasteiger partial charge in [-0.2, -0.15) is 0 Å². The third-order valence-electron chi connectivity index (χ3n) is 3.52. The van der Waals surface area contributed by atoms with Gasteiger partial charge in [-0.05, 0) is 35.6 Å². The molecule has 1 aromatic carbocycles. The van der Waals surface area contributed by atoms with Crippen LogP contribution >= 0.6 is 22.7 Å². The quantitative estimate of drug-likeness (QED) is 0.699. The topological polar surface area (TPSA) is 51.2 Å². The van der Waals surface area contributed by atoms with Crippen molar-refractivity contribution in [3.63, 3.8) is 0 Å². The second-order valence-electron chi connectivity index (χ2n) is 5.25. The highest BCUT2D eigenvalue weighted by Crippen LogP contribution is 2.27. The number of thiazole rings is 1. The number of hydrogen-bond acceptors (Lipinski definition) is 5. The van der Waals surface area contributed by atoms with Crippen molar-refractivity contribution in [2.75, 3.05) is 13.7 Å². The van der Waals surface area contributed by atoms with E-state index in [0.29, 0.717) is 13.0 Å². The van der Waals surface area contributed by atoms with E-state index in [0.717, 1.165) is 27.7 Å². The molecule has 3 rings (SSSR count). The first kappa shape index (κ1) is 16.7. The molecule has 0 unspecified atom stereocenters. The predicted molar refractivity (Wildman–Crippen MR) is 98.8 cm³/mol. The highest BCUT2D eigenvalue weighted by Gasteiger charge is 2.09. The predicted octanol–water partition coefficient (Wildman–Crippen LogP) is 3.78. The summed E-state index contributed by atoms with van der Waals surface area (Å²) in [6.07, 6.45) is 1.12. The summed E-state index contributed by atoms with van der Waals surface area (Å²) in [4.78, 5) is 17.7. The maximum Gasteiger partial charge on any atom is 0.226 e. The first-order valence-electron chi connectivity index (χ1n) is 7.62. The number of thiophene rings is 1. The minimum Gasteiger partial charge on any atom is -0.497 e. The van der Waals surface area contributed by atoms with Crippen molar-refractivity contribution >= 4 is 28.6 Å². The van der Waals surface area contributed by atoms with Gasteiger partial charge in [0.25, 0.3) is 0 Å². The summed E-state index contributed by atoms with van der Waals surface area (Å²) in [5, 5.41) is 7.91. The van der Waals surface area contributed by atoms with Crippen LogP contribution < -0.4 is 10.1 Å². The van der Waals surface area contributed by atoms with Gasteiger partial charge in [0.05, 0.1) is 24.1 Å². The van der Waals surface area contributed by atoms with Crippen LogP contribution in [-0.4, -0.2) is 24.5 Å². The van der Waals surface area contributed by atoms with Crippen LogP contribution in [0, 0.1) is 0 Å². The van der Waals surface area contributed by atoms with E-state index in [1.54, 1.807) is 29.8 Å². The molecule has 1 amide bonds. The summed E-state index contributed by atoms with van der Waals surface area (Å²) in [5.74, 6) is 0.847. The summed E-state index contributed by atoms with van der Waals surface area (Å²) < 4.78 is 5.13. The van der Waals surface area contributed by atoms with E-state index in [4.69, 9.17) is 4.74 Å². The summed E-state index contributed by atoms with van der Waals surface area (Å²) in [7, 11) is 1.65. The third-order valence-corrected chi connectivity index (χ3v) is 5.45. The zero-order valence-corrected chi connectivity index (χ0v) is 15.0. The number of nitrogens with zero attached hydrogens (tertiary/aromatic N) is 1. The van der Waals surface area contributed by atoms with Crippen molar-refractivity contribution in [3.8, 4) is 15.6 Å². The zero-order chi connectivity index (χ0) is 16.8. The number of benzene rings is 1. The fourth-order valence-corrected chi connectivity index (χ4v) is 3.90. The molecule has 1 N–H and O–H groups in total. The maximum absolute atomic E-state index is 12.0. The molecule has 0 bridgehead atoms. The number of methoxy groups -OCH3 is 1. The highest BCUT2D eigenvalue weighted by atomic mass is 32.1. The van der Waals surface area contributed by atoms with Crippen LogP contribution in [0.2, 0.25) is 0 Å². The van der Waals surface area contributed by atoms with E-state index < -0.39 is 0 Å². The average molecular weight is 358 g/mol. The van der Waals surface area contributed by atoms with Gasteiger partial charge in [-0.3, -0.25) is 4.79 Å². The van der Waals surface area contributed by atoms with Gasteiger partial charge >= 0.3 is 0 Å². The molecule has 2 heterocycles. The Kier molecular flexibility index (Phi) is 5.61. The van der Waals surface area contributed by atoms with Gasteiger partial charge in [-0.25, -0.2) is 4.98 Å². The number of hydrogen-bond donors (Lipinski definition) is 1. The second kappa shape index (κ2) is 8.08. The summed E-state index contributed by atoms with van der Waals surface area (Å²) in [5.41, 5.74) is 2.00. The lowest BCUT2D eigenvalue weighted by Gasteiger charge is -2.05. The molecule has 0 saturated carbocycles. The first-order chi connectivity index (χ1) is 11.7. The van der Waals surface area contributed by atoms with Crippen molar-refractivity contribution in [1.82, 2.24) is 10.3 Å². The van der Waals surface area contributed by atoms with Crippen molar-refractivity contribution in [2.45, 2.75) is 12.8 Å². The fourth-order valence-electron chi connectivity index (χ4n) is 2.27. The lowest BCUT2D eigenvalue weighted by atomic mass is 10.1. The van der Waals surface area contributed by atoms with E-state index in [9.17, 15) is 4.79 Å². The molecule has 3 aromatic rings. The van der Waals surface area contributed by atoms with Gasteiger partial charge in [0.1, 0.15) is 10.8 Å². The van der Waals surface area contributed by atoms with Gasteiger partial charge in [-0.15, -0.1) is 22.7 Å². The summed E-state index contributed by atoms with van der Waals surface area (Å²) in [6.45, 7) is 0.618. The van der Waals surface area contributed by atoms with Crippen LogP contribution in [0.5, 0.6) is 5.75 Å². The summed E-state index contributed by atoms with van der Waals surface area (Å²) >= 11 is 3.24. The molecule has 2 aromatic heterocycles. The number of amides is 1. The number of carbonyl (C=O) groups excluding carboxylic acids is 1. The zero-order valence-electron chi connectivity index (χ0n) is 13.3. The normalized spacial score (nSPS) is 10.5. The van der Waals surface area contributed by atoms with Gasteiger partial charge in [0, 0.05) is 11.9 Å². The Balaban J connectivity index is 1.45. The Morgan fingerprint density at radius 1 is 1.21 bits per heavy atom. The fraction of sp³-hybridized carbons (Fsp3) is 0.222. The van der Waals surface area contributed by atoms with E-state index >= 15 is 0 Å². The van der Waals surface area contributed by atoms with Crippen LogP contribution in [0.4, 0.5) is 0 Å². The number of carbonyl (C=O) groups is 1. The number of nitrogens with one attached hydrogen (secondary N) is 1. The molecule has 0 aliphatic carbocycles. The molecule has 0 atom stereocenters. The van der Waals surface area contributed by atoms with Crippen LogP contribution in [-0.2, 0) is 17.6 Å². The smallest absolute Gasteiger partial charge is 0.226 e. The number of rotatable bonds is 7. The van der Waals surface area contributed by atoms with Crippen molar-refractivity contribution in [1.29, 1.82) is 0 Å². The minimum atomic E-state index is 0.00606. The minimum absolute atomic E-state index is 0.00606. The Bertz CT molecular complexity index is 780. The van der Waals surface area contributed by atoms with E-state index in [1.807, 2.05) is 47.2 Å². The highest BCUT2D eigenvalue weighted by molar-refractivity contribution is 7.20. The molecule has 0 fully saturated rings. The molecule has 0 saturated heterocycles. The molecule has 0 aliphatic rings. The lowest BCUT2D eigenvalue weighted by Crippen LogP contribution is -2.27. The van der Waals surface area contributed by atoms with E-state index in [1.165, 1.54) is 5.56 Å². The maximum atomic E-state index is 12.0. The Morgan fingerprint density at radius 2 is 2.04 bits per heavy atom. The summed E-state index contributed by atoms with van der Waals surface area (Å²) in [6, 6.07) is 11.9. The Labute approximate surface area is 149 Å². The molecular weight excluding hydrogens is 340 g/mol. The standard InChI is InChI=1S/C18H18N2O2S2/c1-22-15-6-4-13(5-7-15)8-9-19-17(21)11-14-12-24-18(20-14)16-3-2-10-23-16/h2-7,10,12H,8-9,11H2,1H3,(H,19,21). The number of aromatic nitrogens is 1. The lowest BCUT2D eigenvalue weighted by molar-refractivity contribution is -0.120. The second-order valence-corrected chi connectivity index (χ2v) is 7.05. The Hall–Kier alpha value is -2.18. The van der Waals surface area contributed by atoms with Crippen LogP contribution in [0.3, 0.4) is 0 Å². The SMILES string of the molecule is COc1ccc(CCNC(=O)Cc2csc(-c3cccs3)n2)cc1. The van der Waals surface area contributed by atoms with Gasteiger partial charge < -0.3 is 10.1 Å².